The summed E-state index contributed by atoms with van der Waals surface area (Å²) < 4.78 is 0. The van der Waals surface area contributed by atoms with Crippen LogP contribution in [0.4, 0.5) is 0 Å². The Labute approximate surface area is 106 Å². The van der Waals surface area contributed by atoms with Crippen LogP contribution in [0.1, 0.15) is 11.1 Å². The molecule has 16 heavy (non-hydrogen) atoms. The topological polar surface area (TPSA) is 0 Å². The van der Waals surface area contributed by atoms with Crippen molar-refractivity contribution in [3.8, 4) is 0 Å². The Morgan fingerprint density at radius 1 is 0.750 bits per heavy atom. The summed E-state index contributed by atoms with van der Waals surface area (Å²) in [7, 11) is 0. The predicted octanol–water partition coefficient (Wildman–Crippen LogP) is 4.79. The van der Waals surface area contributed by atoms with Crippen molar-refractivity contribution in [2.45, 2.75) is 6.42 Å². The summed E-state index contributed by atoms with van der Waals surface area (Å²) in [5, 5.41) is 1.54. The van der Waals surface area contributed by atoms with E-state index in [1.165, 1.54) is 11.1 Å². The van der Waals surface area contributed by atoms with Gasteiger partial charge in [0.25, 0.3) is 0 Å². The van der Waals surface area contributed by atoms with Gasteiger partial charge in [0.05, 0.1) is 0 Å². The third-order valence-corrected chi connectivity index (χ3v) is 2.86. The maximum absolute atomic E-state index is 5.82. The first-order chi connectivity index (χ1) is 7.74. The second kappa shape index (κ2) is 5.38. The molecule has 0 aliphatic carbocycles. The molecule has 1 radical (unpaired) electrons. The molecule has 2 heteroatoms. The first-order valence-corrected chi connectivity index (χ1v) is 5.83. The lowest BCUT2D eigenvalue weighted by molar-refractivity contribution is 1.17. The maximum Gasteiger partial charge on any atom is 0.0406 e. The van der Waals surface area contributed by atoms with Gasteiger partial charge in [0.2, 0.25) is 0 Å². The number of rotatable bonds is 3. The van der Waals surface area contributed by atoms with Crippen LogP contribution in [0, 0.1) is 6.42 Å². The van der Waals surface area contributed by atoms with Crippen LogP contribution in [0.5, 0.6) is 0 Å². The van der Waals surface area contributed by atoms with Gasteiger partial charge in [-0.15, -0.1) is 0 Å². The van der Waals surface area contributed by atoms with Gasteiger partial charge < -0.3 is 0 Å². The molecule has 2 rings (SSSR count). The van der Waals surface area contributed by atoms with Crippen LogP contribution in [0.15, 0.2) is 48.5 Å². The average molecular weight is 250 g/mol. The van der Waals surface area contributed by atoms with Gasteiger partial charge in [0.15, 0.2) is 0 Å². The molecule has 0 aliphatic heterocycles. The Morgan fingerprint density at radius 2 is 1.25 bits per heavy atom. The third kappa shape index (κ3) is 3.26. The summed E-state index contributed by atoms with van der Waals surface area (Å²) in [5.41, 5.74) is 2.43. The van der Waals surface area contributed by atoms with E-state index < -0.39 is 0 Å². The summed E-state index contributed by atoms with van der Waals surface area (Å²) in [6.07, 6.45) is 3.07. The van der Waals surface area contributed by atoms with E-state index in [1.54, 1.807) is 0 Å². The number of halogens is 2. The molecular formula is C14H11Cl2. The highest BCUT2D eigenvalue weighted by molar-refractivity contribution is 6.30. The van der Waals surface area contributed by atoms with Gasteiger partial charge in [-0.3, -0.25) is 0 Å². The minimum Gasteiger partial charge on any atom is -0.0843 e. The minimum atomic E-state index is 0.767. The fourth-order valence-electron chi connectivity index (χ4n) is 1.46. The molecule has 0 fully saturated rings. The van der Waals surface area contributed by atoms with Crippen LogP contribution in [-0.4, -0.2) is 0 Å². The molecule has 0 amide bonds. The molecule has 81 valence electrons. The molecule has 0 saturated carbocycles. The van der Waals surface area contributed by atoms with Gasteiger partial charge in [-0.25, -0.2) is 0 Å². The smallest absolute Gasteiger partial charge is 0.0406 e. The second-order valence-corrected chi connectivity index (χ2v) is 4.46. The Balaban J connectivity index is 1.97. The van der Waals surface area contributed by atoms with E-state index >= 15 is 0 Å². The summed E-state index contributed by atoms with van der Waals surface area (Å²) in [6.45, 7) is 0. The lowest BCUT2D eigenvalue weighted by Crippen LogP contribution is -1.87. The molecular weight excluding hydrogens is 239 g/mol. The summed E-state index contributed by atoms with van der Waals surface area (Å²) in [5.74, 6) is 0. The van der Waals surface area contributed by atoms with Crippen molar-refractivity contribution in [1.29, 1.82) is 0 Å². The molecule has 0 nitrogen and oxygen atoms in total. The number of hydrogen-bond acceptors (Lipinski definition) is 0. The van der Waals surface area contributed by atoms with Gasteiger partial charge in [0.1, 0.15) is 0 Å². The fraction of sp³-hybridized carbons (Fsp3) is 0.0714. The molecule has 0 aromatic heterocycles. The highest BCUT2D eigenvalue weighted by atomic mass is 35.5. The van der Waals surface area contributed by atoms with Crippen molar-refractivity contribution < 1.29 is 0 Å². The van der Waals surface area contributed by atoms with Gasteiger partial charge in [-0.2, -0.15) is 0 Å². The van der Waals surface area contributed by atoms with Crippen LogP contribution in [0.3, 0.4) is 0 Å². The van der Waals surface area contributed by atoms with Crippen LogP contribution in [0.25, 0.3) is 0 Å². The van der Waals surface area contributed by atoms with Crippen molar-refractivity contribution in [1.82, 2.24) is 0 Å². The molecule has 0 heterocycles. The lowest BCUT2D eigenvalue weighted by atomic mass is 10.0. The van der Waals surface area contributed by atoms with E-state index in [0.29, 0.717) is 0 Å². The average Bonchev–Trinajstić information content (AvgIpc) is 2.30. The van der Waals surface area contributed by atoms with Crippen LogP contribution in [-0.2, 0) is 6.42 Å². The molecule has 2 aromatic rings. The quantitative estimate of drug-likeness (QED) is 0.734. The Morgan fingerprint density at radius 3 is 1.81 bits per heavy atom. The van der Waals surface area contributed by atoms with Gasteiger partial charge in [-0.1, -0.05) is 47.5 Å². The normalized spacial score (nSPS) is 10.4. The van der Waals surface area contributed by atoms with Crippen LogP contribution < -0.4 is 0 Å². The van der Waals surface area contributed by atoms with Crippen LogP contribution >= 0.6 is 23.2 Å². The van der Waals surface area contributed by atoms with Gasteiger partial charge in [-0.05, 0) is 48.2 Å². The predicted molar refractivity (Wildman–Crippen MR) is 70.0 cm³/mol. The number of hydrogen-bond donors (Lipinski definition) is 0. The molecule has 0 N–H and O–H groups in total. The van der Waals surface area contributed by atoms with Crippen molar-refractivity contribution in [3.05, 3.63) is 76.1 Å². The van der Waals surface area contributed by atoms with Crippen LogP contribution in [0.2, 0.25) is 10.0 Å². The highest BCUT2D eigenvalue weighted by Crippen LogP contribution is 2.15. The van der Waals surface area contributed by atoms with E-state index in [-0.39, 0.29) is 0 Å². The monoisotopic (exact) mass is 249 g/mol. The molecule has 0 saturated heterocycles. The zero-order valence-electron chi connectivity index (χ0n) is 8.66. The largest absolute Gasteiger partial charge is 0.0843 e. The SMILES string of the molecule is Clc1ccc([CH]Cc2ccc(Cl)cc2)cc1. The Kier molecular flexibility index (Phi) is 3.87. The molecule has 0 bridgehead atoms. The molecule has 2 aromatic carbocycles. The van der Waals surface area contributed by atoms with E-state index in [4.69, 9.17) is 23.2 Å². The molecule has 0 atom stereocenters. The Hall–Kier alpha value is -0.980. The summed E-state index contributed by atoms with van der Waals surface area (Å²) >= 11 is 11.6. The maximum atomic E-state index is 5.82. The number of benzene rings is 2. The van der Waals surface area contributed by atoms with Crippen molar-refractivity contribution >= 4 is 23.2 Å². The first-order valence-electron chi connectivity index (χ1n) is 5.07. The van der Waals surface area contributed by atoms with Crippen molar-refractivity contribution in [2.24, 2.45) is 0 Å². The van der Waals surface area contributed by atoms with E-state index in [2.05, 4.69) is 6.42 Å². The van der Waals surface area contributed by atoms with E-state index in [0.717, 1.165) is 16.5 Å². The van der Waals surface area contributed by atoms with E-state index in [1.807, 2.05) is 48.5 Å². The zero-order chi connectivity index (χ0) is 11.4. The zero-order valence-corrected chi connectivity index (χ0v) is 10.2. The van der Waals surface area contributed by atoms with Crippen molar-refractivity contribution in [2.75, 3.05) is 0 Å². The minimum absolute atomic E-state index is 0.767. The van der Waals surface area contributed by atoms with E-state index in [9.17, 15) is 0 Å². The summed E-state index contributed by atoms with van der Waals surface area (Å²) in [6, 6.07) is 15.7. The van der Waals surface area contributed by atoms with Gasteiger partial charge in [0, 0.05) is 10.0 Å². The van der Waals surface area contributed by atoms with Crippen molar-refractivity contribution in [3.63, 3.8) is 0 Å². The fourth-order valence-corrected chi connectivity index (χ4v) is 1.71. The lowest BCUT2D eigenvalue weighted by Gasteiger charge is -2.02. The molecule has 0 aliphatic rings. The third-order valence-electron chi connectivity index (χ3n) is 2.36. The Bertz CT molecular complexity index is 398. The van der Waals surface area contributed by atoms with Gasteiger partial charge >= 0.3 is 0 Å². The summed E-state index contributed by atoms with van der Waals surface area (Å²) in [4.78, 5) is 0. The highest BCUT2D eigenvalue weighted by Gasteiger charge is 1.96. The molecule has 0 unspecified atom stereocenters. The molecule has 0 spiro atoms. The second-order valence-electron chi connectivity index (χ2n) is 3.59. The standard InChI is InChI=1S/C14H11Cl2/c15-13-7-3-11(4-8-13)1-2-12-5-9-14(16)10-6-12/h1,3-10H,2H2. The first kappa shape index (κ1) is 11.5.